The van der Waals surface area contributed by atoms with E-state index >= 15 is 0 Å². The van der Waals surface area contributed by atoms with E-state index in [2.05, 4.69) is 30.7 Å². The van der Waals surface area contributed by atoms with E-state index in [4.69, 9.17) is 0 Å². The first-order valence-electron chi connectivity index (χ1n) is 7.56. The third-order valence-electron chi connectivity index (χ3n) is 5.50. The fourth-order valence-electron chi connectivity index (χ4n) is 4.62. The molecule has 0 N–H and O–H groups in total. The van der Waals surface area contributed by atoms with Crippen LogP contribution in [0.25, 0.3) is 0 Å². The molecule has 3 aliphatic rings. The Kier molecular flexibility index (Phi) is 3.20. The number of fused-ring (bicyclic) bond motifs is 4. The SMILES string of the molecule is CC(C)[C@@H]1CC[C@H]2[C@@H]3C[C@@H](CN(C)C3)CN2C1. The second-order valence-electron chi connectivity index (χ2n) is 7.19. The molecule has 0 radical (unpaired) electrons. The van der Waals surface area contributed by atoms with Crippen molar-refractivity contribution in [3.8, 4) is 0 Å². The molecule has 3 saturated heterocycles. The molecule has 0 aromatic rings. The molecule has 17 heavy (non-hydrogen) atoms. The van der Waals surface area contributed by atoms with Gasteiger partial charge in [-0.2, -0.15) is 0 Å². The van der Waals surface area contributed by atoms with Gasteiger partial charge in [-0.3, -0.25) is 4.90 Å². The molecule has 0 saturated carbocycles. The summed E-state index contributed by atoms with van der Waals surface area (Å²) >= 11 is 0. The van der Waals surface area contributed by atoms with E-state index in [1.54, 1.807) is 0 Å². The van der Waals surface area contributed by atoms with Crippen molar-refractivity contribution in [3.63, 3.8) is 0 Å². The minimum atomic E-state index is 0.875. The highest BCUT2D eigenvalue weighted by Crippen LogP contribution is 2.39. The van der Waals surface area contributed by atoms with Crippen LogP contribution in [0.2, 0.25) is 0 Å². The average Bonchev–Trinajstić information content (AvgIpc) is 2.27. The van der Waals surface area contributed by atoms with Crippen LogP contribution in [0.3, 0.4) is 0 Å². The van der Waals surface area contributed by atoms with Gasteiger partial charge in [-0.15, -0.1) is 0 Å². The molecular weight excluding hydrogens is 208 g/mol. The zero-order valence-electron chi connectivity index (χ0n) is 11.7. The predicted octanol–water partition coefficient (Wildman–Crippen LogP) is 2.30. The number of hydrogen-bond acceptors (Lipinski definition) is 2. The lowest BCUT2D eigenvalue weighted by atomic mass is 9.73. The third kappa shape index (κ3) is 2.26. The van der Waals surface area contributed by atoms with Gasteiger partial charge in [-0.05, 0) is 50.0 Å². The number of rotatable bonds is 1. The summed E-state index contributed by atoms with van der Waals surface area (Å²) in [6.45, 7) is 10.3. The zero-order chi connectivity index (χ0) is 12.0. The van der Waals surface area contributed by atoms with Crippen molar-refractivity contribution in [1.82, 2.24) is 9.80 Å². The molecule has 3 rings (SSSR count). The lowest BCUT2D eigenvalue weighted by molar-refractivity contribution is -0.0425. The van der Waals surface area contributed by atoms with Crippen molar-refractivity contribution in [2.45, 2.75) is 39.2 Å². The molecule has 0 aliphatic carbocycles. The largest absolute Gasteiger partial charge is 0.306 e. The number of nitrogens with zero attached hydrogens (tertiary/aromatic N) is 2. The van der Waals surface area contributed by atoms with E-state index in [1.165, 1.54) is 45.4 Å². The summed E-state index contributed by atoms with van der Waals surface area (Å²) < 4.78 is 0. The van der Waals surface area contributed by atoms with Crippen LogP contribution in [0.4, 0.5) is 0 Å². The highest BCUT2D eigenvalue weighted by atomic mass is 15.2. The summed E-state index contributed by atoms with van der Waals surface area (Å²) in [7, 11) is 2.31. The molecule has 3 heterocycles. The quantitative estimate of drug-likeness (QED) is 0.689. The van der Waals surface area contributed by atoms with Crippen LogP contribution in [0.5, 0.6) is 0 Å². The smallest absolute Gasteiger partial charge is 0.0136 e. The molecule has 2 bridgehead atoms. The summed E-state index contributed by atoms with van der Waals surface area (Å²) in [6.07, 6.45) is 4.45. The van der Waals surface area contributed by atoms with Crippen LogP contribution in [0.1, 0.15) is 33.1 Å². The normalized spacial score (nSPS) is 43.8. The van der Waals surface area contributed by atoms with E-state index in [-0.39, 0.29) is 0 Å². The van der Waals surface area contributed by atoms with E-state index in [9.17, 15) is 0 Å². The molecule has 0 unspecified atom stereocenters. The molecular formula is C15H28N2. The molecule has 2 heteroatoms. The highest BCUT2D eigenvalue weighted by Gasteiger charge is 2.42. The van der Waals surface area contributed by atoms with E-state index < -0.39 is 0 Å². The van der Waals surface area contributed by atoms with Crippen molar-refractivity contribution in [2.75, 3.05) is 33.2 Å². The fourth-order valence-corrected chi connectivity index (χ4v) is 4.62. The molecule has 0 aromatic carbocycles. The summed E-state index contributed by atoms with van der Waals surface area (Å²) in [5, 5.41) is 0. The van der Waals surface area contributed by atoms with Gasteiger partial charge in [0.15, 0.2) is 0 Å². The Labute approximate surface area is 106 Å². The van der Waals surface area contributed by atoms with Gasteiger partial charge in [0.1, 0.15) is 0 Å². The molecule has 0 amide bonds. The zero-order valence-corrected chi connectivity index (χ0v) is 11.7. The second kappa shape index (κ2) is 4.55. The molecule has 0 aromatic heterocycles. The molecule has 2 nitrogen and oxygen atoms in total. The van der Waals surface area contributed by atoms with Gasteiger partial charge in [0.25, 0.3) is 0 Å². The van der Waals surface area contributed by atoms with Gasteiger partial charge in [-0.25, -0.2) is 0 Å². The van der Waals surface area contributed by atoms with Gasteiger partial charge in [-0.1, -0.05) is 13.8 Å². The maximum absolute atomic E-state index is 2.86. The standard InChI is InChI=1S/C15H28N2/c1-11(2)13-4-5-15-14-6-12(7-16(3)9-14)8-17(15)10-13/h11-15H,4-10H2,1-3H3/t12-,13+,14+,15-/m0/s1. The van der Waals surface area contributed by atoms with Crippen molar-refractivity contribution >= 4 is 0 Å². The fraction of sp³-hybridized carbons (Fsp3) is 1.00. The first-order chi connectivity index (χ1) is 8.13. The monoisotopic (exact) mass is 236 g/mol. The van der Waals surface area contributed by atoms with Crippen LogP contribution in [-0.2, 0) is 0 Å². The number of hydrogen-bond donors (Lipinski definition) is 0. The topological polar surface area (TPSA) is 6.48 Å². The maximum atomic E-state index is 2.86. The minimum Gasteiger partial charge on any atom is -0.306 e. The predicted molar refractivity (Wildman–Crippen MR) is 72.0 cm³/mol. The van der Waals surface area contributed by atoms with Crippen molar-refractivity contribution in [1.29, 1.82) is 0 Å². The summed E-state index contributed by atoms with van der Waals surface area (Å²) in [5.41, 5.74) is 0. The summed E-state index contributed by atoms with van der Waals surface area (Å²) in [4.78, 5) is 5.44. The van der Waals surface area contributed by atoms with Gasteiger partial charge >= 0.3 is 0 Å². The van der Waals surface area contributed by atoms with Crippen LogP contribution in [0, 0.1) is 23.7 Å². The Balaban J connectivity index is 1.70. The summed E-state index contributed by atoms with van der Waals surface area (Å²) in [6, 6.07) is 0.920. The van der Waals surface area contributed by atoms with Crippen molar-refractivity contribution < 1.29 is 0 Å². The molecule has 4 atom stereocenters. The van der Waals surface area contributed by atoms with Gasteiger partial charge < -0.3 is 4.90 Å². The van der Waals surface area contributed by atoms with Gasteiger partial charge in [0.05, 0.1) is 0 Å². The Morgan fingerprint density at radius 2 is 1.82 bits per heavy atom. The molecule has 0 spiro atoms. The Morgan fingerprint density at radius 3 is 2.59 bits per heavy atom. The molecule has 3 fully saturated rings. The number of likely N-dealkylation sites (tertiary alicyclic amines) is 1. The highest BCUT2D eigenvalue weighted by molar-refractivity contribution is 4.96. The Hall–Kier alpha value is -0.0800. The van der Waals surface area contributed by atoms with Gasteiger partial charge in [0, 0.05) is 32.2 Å². The lowest BCUT2D eigenvalue weighted by Crippen LogP contribution is -2.59. The van der Waals surface area contributed by atoms with E-state index in [1.807, 2.05) is 0 Å². The van der Waals surface area contributed by atoms with E-state index in [0.717, 1.165) is 29.7 Å². The van der Waals surface area contributed by atoms with Crippen LogP contribution in [-0.4, -0.2) is 49.1 Å². The first-order valence-corrected chi connectivity index (χ1v) is 7.56. The molecule has 3 aliphatic heterocycles. The average molecular weight is 236 g/mol. The lowest BCUT2D eigenvalue weighted by Gasteiger charge is -2.53. The number of piperidine rings is 3. The minimum absolute atomic E-state index is 0.875. The van der Waals surface area contributed by atoms with Gasteiger partial charge in [0.2, 0.25) is 0 Å². The Bertz CT molecular complexity index is 274. The van der Waals surface area contributed by atoms with Crippen molar-refractivity contribution in [2.24, 2.45) is 23.7 Å². The maximum Gasteiger partial charge on any atom is 0.0136 e. The Morgan fingerprint density at radius 1 is 1.00 bits per heavy atom. The van der Waals surface area contributed by atoms with Crippen LogP contribution >= 0.6 is 0 Å². The molecule has 98 valence electrons. The van der Waals surface area contributed by atoms with Crippen LogP contribution in [0.15, 0.2) is 0 Å². The summed E-state index contributed by atoms with van der Waals surface area (Å²) in [5.74, 6) is 3.77. The van der Waals surface area contributed by atoms with E-state index in [0.29, 0.717) is 0 Å². The first kappa shape index (κ1) is 12.0. The second-order valence-corrected chi connectivity index (χ2v) is 7.19. The third-order valence-corrected chi connectivity index (χ3v) is 5.50. The van der Waals surface area contributed by atoms with Crippen LogP contribution < -0.4 is 0 Å². The van der Waals surface area contributed by atoms with Crippen molar-refractivity contribution in [3.05, 3.63) is 0 Å².